The van der Waals surface area contributed by atoms with Crippen molar-refractivity contribution in [1.82, 2.24) is 4.90 Å². The Bertz CT molecular complexity index is 371. The lowest BCUT2D eigenvalue weighted by Crippen LogP contribution is -2.31. The number of amides is 1. The molecule has 0 saturated carbocycles. The molecule has 0 bridgehead atoms. The van der Waals surface area contributed by atoms with Crippen LogP contribution in [0.3, 0.4) is 0 Å². The van der Waals surface area contributed by atoms with Crippen LogP contribution in [0.25, 0.3) is 0 Å². The van der Waals surface area contributed by atoms with Crippen molar-refractivity contribution in [2.45, 2.75) is 40.0 Å². The van der Waals surface area contributed by atoms with E-state index in [-0.39, 0.29) is 5.91 Å². The highest BCUT2D eigenvalue weighted by Gasteiger charge is 2.13. The van der Waals surface area contributed by atoms with Crippen molar-refractivity contribution in [3.63, 3.8) is 0 Å². The second-order valence-corrected chi connectivity index (χ2v) is 4.66. The summed E-state index contributed by atoms with van der Waals surface area (Å²) >= 11 is 0. The third-order valence-electron chi connectivity index (χ3n) is 2.96. The van der Waals surface area contributed by atoms with Gasteiger partial charge in [-0.1, -0.05) is 32.9 Å². The number of benzene rings is 1. The molecule has 0 saturated heterocycles. The fourth-order valence-corrected chi connectivity index (χ4v) is 1.89. The van der Waals surface area contributed by atoms with Crippen LogP contribution < -0.4 is 0 Å². The van der Waals surface area contributed by atoms with Gasteiger partial charge in [0.15, 0.2) is 0 Å². The largest absolute Gasteiger partial charge is 0.339 e. The van der Waals surface area contributed by atoms with Crippen molar-refractivity contribution in [3.8, 4) is 0 Å². The lowest BCUT2D eigenvalue weighted by atomic mass is 10.0. The predicted octanol–water partition coefficient (Wildman–Crippen LogP) is 3.68. The molecule has 94 valence electrons. The van der Waals surface area contributed by atoms with Crippen molar-refractivity contribution < 1.29 is 4.79 Å². The molecule has 1 aromatic carbocycles. The average Bonchev–Trinajstić information content (AvgIpc) is 2.35. The molecule has 2 nitrogen and oxygen atoms in total. The molecule has 1 amide bonds. The summed E-state index contributed by atoms with van der Waals surface area (Å²) in [6.07, 6.45) is 1.00. The summed E-state index contributed by atoms with van der Waals surface area (Å²) in [7, 11) is 0. The Kier molecular flexibility index (Phi) is 5.20. The molecule has 0 aromatic heterocycles. The van der Waals surface area contributed by atoms with Crippen molar-refractivity contribution in [2.75, 3.05) is 13.1 Å². The van der Waals surface area contributed by atoms with Gasteiger partial charge in [0.05, 0.1) is 0 Å². The van der Waals surface area contributed by atoms with E-state index in [1.54, 1.807) is 0 Å². The Morgan fingerprint density at radius 3 is 2.53 bits per heavy atom. The Balaban J connectivity index is 2.91. The zero-order valence-electron chi connectivity index (χ0n) is 11.4. The standard InChI is InChI=1S/C15H23NO/c1-5-10-16(6-2)15(17)14-9-7-8-13(11-14)12(3)4/h7-9,11-12H,5-6,10H2,1-4H3. The van der Waals surface area contributed by atoms with Crippen LogP contribution in [-0.2, 0) is 0 Å². The minimum Gasteiger partial charge on any atom is -0.339 e. The Morgan fingerprint density at radius 1 is 1.29 bits per heavy atom. The van der Waals surface area contributed by atoms with Crippen molar-refractivity contribution in [2.24, 2.45) is 0 Å². The molecule has 0 aliphatic rings. The first kappa shape index (κ1) is 13.8. The van der Waals surface area contributed by atoms with Crippen LogP contribution in [0, 0.1) is 0 Å². The van der Waals surface area contributed by atoms with Crippen molar-refractivity contribution in [3.05, 3.63) is 35.4 Å². The van der Waals surface area contributed by atoms with Crippen LogP contribution in [0.15, 0.2) is 24.3 Å². The summed E-state index contributed by atoms with van der Waals surface area (Å²) in [4.78, 5) is 14.2. The van der Waals surface area contributed by atoms with Gasteiger partial charge < -0.3 is 4.90 Å². The smallest absolute Gasteiger partial charge is 0.253 e. The SMILES string of the molecule is CCCN(CC)C(=O)c1cccc(C(C)C)c1. The van der Waals surface area contributed by atoms with Gasteiger partial charge in [-0.3, -0.25) is 4.79 Å². The molecule has 0 N–H and O–H groups in total. The first-order valence-corrected chi connectivity index (χ1v) is 6.49. The molecule has 0 radical (unpaired) electrons. The van der Waals surface area contributed by atoms with Gasteiger partial charge in [0, 0.05) is 18.7 Å². The molecule has 1 rings (SSSR count). The van der Waals surface area contributed by atoms with Crippen molar-refractivity contribution in [1.29, 1.82) is 0 Å². The van der Waals surface area contributed by atoms with E-state index in [9.17, 15) is 4.79 Å². The summed E-state index contributed by atoms with van der Waals surface area (Å²) in [5.41, 5.74) is 2.04. The van der Waals surface area contributed by atoms with Gasteiger partial charge in [-0.25, -0.2) is 0 Å². The van der Waals surface area contributed by atoms with Crippen molar-refractivity contribution >= 4 is 5.91 Å². The van der Waals surface area contributed by atoms with E-state index in [0.717, 1.165) is 25.1 Å². The van der Waals surface area contributed by atoms with Gasteiger partial charge in [-0.2, -0.15) is 0 Å². The summed E-state index contributed by atoms with van der Waals surface area (Å²) in [5.74, 6) is 0.612. The molecule has 0 unspecified atom stereocenters. The first-order valence-electron chi connectivity index (χ1n) is 6.49. The van der Waals surface area contributed by atoms with Crippen LogP contribution in [0.5, 0.6) is 0 Å². The fraction of sp³-hybridized carbons (Fsp3) is 0.533. The van der Waals surface area contributed by atoms with E-state index in [4.69, 9.17) is 0 Å². The van der Waals surface area contributed by atoms with Crippen LogP contribution in [0.2, 0.25) is 0 Å². The lowest BCUT2D eigenvalue weighted by Gasteiger charge is -2.20. The Labute approximate surface area is 105 Å². The molecule has 0 aliphatic carbocycles. The number of hydrogen-bond donors (Lipinski definition) is 0. The van der Waals surface area contributed by atoms with E-state index in [2.05, 4.69) is 26.8 Å². The third-order valence-corrected chi connectivity index (χ3v) is 2.96. The van der Waals surface area contributed by atoms with E-state index >= 15 is 0 Å². The maximum Gasteiger partial charge on any atom is 0.253 e. The van der Waals surface area contributed by atoms with Crippen LogP contribution in [0.4, 0.5) is 0 Å². The quantitative estimate of drug-likeness (QED) is 0.759. The molecule has 17 heavy (non-hydrogen) atoms. The maximum atomic E-state index is 12.3. The average molecular weight is 233 g/mol. The Hall–Kier alpha value is -1.31. The van der Waals surface area contributed by atoms with E-state index in [1.807, 2.05) is 30.0 Å². The number of carbonyl (C=O) groups is 1. The fourth-order valence-electron chi connectivity index (χ4n) is 1.89. The molecule has 0 spiro atoms. The third kappa shape index (κ3) is 3.58. The summed E-state index contributed by atoms with van der Waals surface area (Å²) in [6.45, 7) is 10.0. The molecule has 0 fully saturated rings. The first-order chi connectivity index (χ1) is 8.10. The monoisotopic (exact) mass is 233 g/mol. The lowest BCUT2D eigenvalue weighted by molar-refractivity contribution is 0.0764. The molecule has 0 heterocycles. The normalized spacial score (nSPS) is 10.6. The summed E-state index contributed by atoms with van der Waals surface area (Å²) < 4.78 is 0. The number of rotatable bonds is 5. The highest BCUT2D eigenvalue weighted by atomic mass is 16.2. The zero-order chi connectivity index (χ0) is 12.8. The Morgan fingerprint density at radius 2 is 2.00 bits per heavy atom. The van der Waals surface area contributed by atoms with E-state index in [1.165, 1.54) is 5.56 Å². The van der Waals surface area contributed by atoms with Crippen LogP contribution in [0.1, 0.15) is 56.0 Å². The number of hydrogen-bond acceptors (Lipinski definition) is 1. The summed E-state index contributed by atoms with van der Waals surface area (Å²) in [6, 6.07) is 7.98. The minimum absolute atomic E-state index is 0.150. The molecule has 1 aromatic rings. The topological polar surface area (TPSA) is 20.3 Å². The predicted molar refractivity (Wildman–Crippen MR) is 72.4 cm³/mol. The van der Waals surface area contributed by atoms with Gasteiger partial charge in [-0.05, 0) is 37.0 Å². The minimum atomic E-state index is 0.150. The van der Waals surface area contributed by atoms with Crippen LogP contribution in [-0.4, -0.2) is 23.9 Å². The molecular formula is C15H23NO. The highest BCUT2D eigenvalue weighted by molar-refractivity contribution is 5.94. The van der Waals surface area contributed by atoms with Gasteiger partial charge in [0.1, 0.15) is 0 Å². The van der Waals surface area contributed by atoms with Gasteiger partial charge >= 0.3 is 0 Å². The highest BCUT2D eigenvalue weighted by Crippen LogP contribution is 2.16. The molecular weight excluding hydrogens is 210 g/mol. The molecule has 0 atom stereocenters. The van der Waals surface area contributed by atoms with Gasteiger partial charge in [0.25, 0.3) is 5.91 Å². The molecule has 2 heteroatoms. The van der Waals surface area contributed by atoms with Gasteiger partial charge in [0.2, 0.25) is 0 Å². The van der Waals surface area contributed by atoms with E-state index in [0.29, 0.717) is 5.92 Å². The van der Waals surface area contributed by atoms with E-state index < -0.39 is 0 Å². The maximum absolute atomic E-state index is 12.3. The number of carbonyl (C=O) groups excluding carboxylic acids is 1. The zero-order valence-corrected chi connectivity index (χ0v) is 11.4. The van der Waals surface area contributed by atoms with Crippen LogP contribution >= 0.6 is 0 Å². The van der Waals surface area contributed by atoms with Gasteiger partial charge in [-0.15, -0.1) is 0 Å². The second-order valence-electron chi connectivity index (χ2n) is 4.66. The number of nitrogens with zero attached hydrogens (tertiary/aromatic N) is 1. The second kappa shape index (κ2) is 6.43. The summed E-state index contributed by atoms with van der Waals surface area (Å²) in [5, 5.41) is 0. The molecule has 0 aliphatic heterocycles.